The molecule has 0 aliphatic carbocycles. The number of aryl methyl sites for hydroxylation is 1. The quantitative estimate of drug-likeness (QED) is 0.248. The first-order valence-electron chi connectivity index (χ1n) is 11.7. The molecule has 0 unspecified atom stereocenters. The standard InChI is InChI=1S/C28H25ClN4O3S/c1-16-14-21(17(2)32(16)20-10-7-18(8-11-20)27(35)36-3)26-25(22-6-4-5-13-30-22)31-28(37)33(26)23-15-19(29)9-12-24(23)34/h4-15,25-26,34H,1-3H3,(H,31,37)/t25-,26+/m1/s1. The van der Waals surface area contributed by atoms with E-state index >= 15 is 0 Å². The number of anilines is 1. The lowest BCUT2D eigenvalue weighted by Crippen LogP contribution is -2.29. The van der Waals surface area contributed by atoms with Gasteiger partial charge in [-0.3, -0.25) is 4.98 Å². The number of nitrogens with zero attached hydrogens (tertiary/aromatic N) is 3. The SMILES string of the molecule is COC(=O)c1ccc(-n2c(C)cc([C@H]3[C@@H](c4ccccn4)NC(=S)N3c3cc(Cl)ccc3O)c2C)cc1. The lowest BCUT2D eigenvalue weighted by atomic mass is 9.96. The van der Waals surface area contributed by atoms with Gasteiger partial charge in [-0.05, 0) is 92.3 Å². The van der Waals surface area contributed by atoms with Gasteiger partial charge >= 0.3 is 5.97 Å². The van der Waals surface area contributed by atoms with Gasteiger partial charge in [-0.1, -0.05) is 17.7 Å². The van der Waals surface area contributed by atoms with Crippen molar-refractivity contribution < 1.29 is 14.6 Å². The first kappa shape index (κ1) is 24.8. The maximum Gasteiger partial charge on any atom is 0.337 e. The number of phenolic OH excluding ortho intramolecular Hbond substituents is 1. The number of esters is 1. The average molecular weight is 533 g/mol. The van der Waals surface area contributed by atoms with Crippen LogP contribution in [-0.2, 0) is 4.74 Å². The maximum absolute atomic E-state index is 11.9. The third-order valence-corrected chi connectivity index (χ3v) is 7.18. The fourth-order valence-electron chi connectivity index (χ4n) is 4.97. The minimum absolute atomic E-state index is 0.0763. The normalized spacial score (nSPS) is 17.1. The first-order valence-corrected chi connectivity index (χ1v) is 12.5. The molecule has 0 spiro atoms. The Bertz CT molecular complexity index is 1490. The molecule has 1 fully saturated rings. The Kier molecular flexibility index (Phi) is 6.62. The van der Waals surface area contributed by atoms with Gasteiger partial charge in [0.05, 0.1) is 36.1 Å². The van der Waals surface area contributed by atoms with Crippen LogP contribution in [0.5, 0.6) is 5.75 Å². The third-order valence-electron chi connectivity index (χ3n) is 6.63. The second-order valence-corrected chi connectivity index (χ2v) is 9.65. The Labute approximate surface area is 225 Å². The number of rotatable bonds is 5. The summed E-state index contributed by atoms with van der Waals surface area (Å²) in [6.45, 7) is 4.08. The van der Waals surface area contributed by atoms with Crippen LogP contribution in [0.1, 0.15) is 45.1 Å². The van der Waals surface area contributed by atoms with Crippen LogP contribution in [-0.4, -0.2) is 32.8 Å². The van der Waals surface area contributed by atoms with E-state index in [0.717, 1.165) is 28.3 Å². The summed E-state index contributed by atoms with van der Waals surface area (Å²) < 4.78 is 6.96. The summed E-state index contributed by atoms with van der Waals surface area (Å²) in [4.78, 5) is 18.4. The molecule has 9 heteroatoms. The van der Waals surface area contributed by atoms with Crippen LogP contribution in [0.2, 0.25) is 5.02 Å². The number of thiocarbonyl (C=S) groups is 1. The van der Waals surface area contributed by atoms with Crippen LogP contribution in [0.4, 0.5) is 5.69 Å². The Morgan fingerprint density at radius 2 is 1.86 bits per heavy atom. The third kappa shape index (κ3) is 4.43. The Balaban J connectivity index is 1.66. The lowest BCUT2D eigenvalue weighted by Gasteiger charge is -2.28. The van der Waals surface area contributed by atoms with Crippen LogP contribution in [0.3, 0.4) is 0 Å². The zero-order valence-corrected chi connectivity index (χ0v) is 22.0. The summed E-state index contributed by atoms with van der Waals surface area (Å²) in [6, 6.07) is 19.5. The van der Waals surface area contributed by atoms with Crippen molar-refractivity contribution >= 4 is 40.6 Å². The minimum Gasteiger partial charge on any atom is -0.506 e. The molecule has 0 radical (unpaired) electrons. The molecule has 2 atom stereocenters. The van der Waals surface area contributed by atoms with Gasteiger partial charge in [-0.2, -0.15) is 0 Å². The summed E-state index contributed by atoms with van der Waals surface area (Å²) in [6.07, 6.45) is 1.75. The topological polar surface area (TPSA) is 79.6 Å². The number of pyridine rings is 1. The minimum atomic E-state index is -0.381. The number of aromatic nitrogens is 2. The van der Waals surface area contributed by atoms with Crippen LogP contribution in [0.25, 0.3) is 5.69 Å². The van der Waals surface area contributed by atoms with Crippen molar-refractivity contribution in [2.75, 3.05) is 12.0 Å². The number of nitrogens with one attached hydrogen (secondary N) is 1. The highest BCUT2D eigenvalue weighted by atomic mass is 35.5. The van der Waals surface area contributed by atoms with Crippen molar-refractivity contribution in [2.45, 2.75) is 25.9 Å². The molecule has 3 heterocycles. The highest BCUT2D eigenvalue weighted by molar-refractivity contribution is 7.80. The highest BCUT2D eigenvalue weighted by Gasteiger charge is 2.43. The first-order chi connectivity index (χ1) is 17.8. The predicted molar refractivity (Wildman–Crippen MR) is 148 cm³/mol. The van der Waals surface area contributed by atoms with Gasteiger partial charge in [0.2, 0.25) is 0 Å². The molecule has 4 aromatic rings. The fourth-order valence-corrected chi connectivity index (χ4v) is 5.47. The Morgan fingerprint density at radius 3 is 2.54 bits per heavy atom. The Hall–Kier alpha value is -3.88. The largest absolute Gasteiger partial charge is 0.506 e. The molecule has 37 heavy (non-hydrogen) atoms. The monoisotopic (exact) mass is 532 g/mol. The summed E-state index contributed by atoms with van der Waals surface area (Å²) in [5.74, 6) is -0.304. The van der Waals surface area contributed by atoms with Crippen LogP contribution >= 0.6 is 23.8 Å². The lowest BCUT2D eigenvalue weighted by molar-refractivity contribution is 0.0600. The van der Waals surface area contributed by atoms with Gasteiger partial charge in [0.15, 0.2) is 5.11 Å². The predicted octanol–water partition coefficient (Wildman–Crippen LogP) is 5.81. The van der Waals surface area contributed by atoms with Gasteiger partial charge in [-0.25, -0.2) is 4.79 Å². The zero-order chi connectivity index (χ0) is 26.3. The van der Waals surface area contributed by atoms with Gasteiger partial charge in [-0.15, -0.1) is 0 Å². The van der Waals surface area contributed by atoms with Gasteiger partial charge in [0, 0.05) is 28.3 Å². The molecule has 2 aromatic heterocycles. The van der Waals surface area contributed by atoms with Crippen LogP contribution in [0, 0.1) is 13.8 Å². The Morgan fingerprint density at radius 1 is 1.11 bits per heavy atom. The van der Waals surface area contributed by atoms with Crippen molar-refractivity contribution in [1.29, 1.82) is 0 Å². The van der Waals surface area contributed by atoms with Gasteiger partial charge in [0.1, 0.15) is 5.75 Å². The number of aromatic hydroxyl groups is 1. The summed E-state index contributed by atoms with van der Waals surface area (Å²) in [7, 11) is 1.37. The van der Waals surface area contributed by atoms with E-state index in [-0.39, 0.29) is 23.8 Å². The number of phenols is 1. The van der Waals surface area contributed by atoms with E-state index in [1.807, 2.05) is 49.1 Å². The van der Waals surface area contributed by atoms with Crippen molar-refractivity contribution in [3.63, 3.8) is 0 Å². The molecule has 2 N–H and O–H groups in total. The van der Waals surface area contributed by atoms with Crippen molar-refractivity contribution in [3.8, 4) is 11.4 Å². The van der Waals surface area contributed by atoms with Crippen molar-refractivity contribution in [1.82, 2.24) is 14.9 Å². The van der Waals surface area contributed by atoms with Gasteiger partial charge < -0.3 is 24.6 Å². The average Bonchev–Trinajstić information content (AvgIpc) is 3.40. The zero-order valence-electron chi connectivity index (χ0n) is 20.5. The number of hydrogen-bond donors (Lipinski definition) is 2. The molecule has 7 nitrogen and oxygen atoms in total. The summed E-state index contributed by atoms with van der Waals surface area (Å²) >= 11 is 12.1. The number of carbonyl (C=O) groups is 1. The van der Waals surface area contributed by atoms with E-state index in [2.05, 4.69) is 20.9 Å². The van der Waals surface area contributed by atoms with Crippen molar-refractivity contribution in [3.05, 3.63) is 106 Å². The molecule has 1 saturated heterocycles. The molecule has 5 rings (SSSR count). The molecule has 0 bridgehead atoms. The number of halogens is 1. The second kappa shape index (κ2) is 9.88. The molecule has 0 amide bonds. The van der Waals surface area contributed by atoms with E-state index in [9.17, 15) is 9.90 Å². The van der Waals surface area contributed by atoms with E-state index in [4.69, 9.17) is 28.6 Å². The summed E-state index contributed by atoms with van der Waals surface area (Å²) in [5.41, 5.74) is 5.74. The van der Waals surface area contributed by atoms with E-state index in [0.29, 0.717) is 21.4 Å². The van der Waals surface area contributed by atoms with Crippen molar-refractivity contribution in [2.24, 2.45) is 0 Å². The smallest absolute Gasteiger partial charge is 0.337 e. The molecule has 188 valence electrons. The summed E-state index contributed by atoms with van der Waals surface area (Å²) in [5, 5.41) is 15.2. The van der Waals surface area contributed by atoms with E-state index in [1.54, 1.807) is 36.5 Å². The molecular weight excluding hydrogens is 508 g/mol. The number of methoxy groups -OCH3 is 1. The molecule has 2 aromatic carbocycles. The molecule has 0 saturated carbocycles. The molecule has 1 aliphatic rings. The van der Waals surface area contributed by atoms with Crippen LogP contribution < -0.4 is 10.2 Å². The molecule has 1 aliphatic heterocycles. The molecular formula is C28H25ClN4O3S. The highest BCUT2D eigenvalue weighted by Crippen LogP contribution is 2.46. The van der Waals surface area contributed by atoms with E-state index < -0.39 is 0 Å². The second-order valence-electron chi connectivity index (χ2n) is 8.83. The fraction of sp³-hybridized carbons (Fsp3) is 0.179. The number of benzene rings is 2. The maximum atomic E-state index is 11.9. The van der Waals surface area contributed by atoms with E-state index in [1.165, 1.54) is 7.11 Å². The number of carbonyl (C=O) groups excluding carboxylic acids is 1. The number of ether oxygens (including phenoxy) is 1. The van der Waals surface area contributed by atoms with Crippen LogP contribution in [0.15, 0.2) is 72.9 Å². The van der Waals surface area contributed by atoms with Gasteiger partial charge in [0.25, 0.3) is 0 Å². The number of hydrogen-bond acceptors (Lipinski definition) is 5.